The maximum absolute atomic E-state index is 12.2. The Balaban J connectivity index is 3.74. The van der Waals surface area contributed by atoms with Gasteiger partial charge in [-0.25, -0.2) is 9.36 Å². The lowest BCUT2D eigenvalue weighted by Crippen LogP contribution is -2.43. The van der Waals surface area contributed by atoms with Gasteiger partial charge in [0.2, 0.25) is 5.91 Å². The molecule has 1 amide bonds. The summed E-state index contributed by atoms with van der Waals surface area (Å²) in [6.07, 6.45) is 35.9. The number of ether oxygens (including phenoxy) is 1. The summed E-state index contributed by atoms with van der Waals surface area (Å²) in [5.41, 5.74) is 0. The highest BCUT2D eigenvalue weighted by atomic mass is 31.2. The Morgan fingerprint density at radius 1 is 0.519 bits per heavy atom. The van der Waals surface area contributed by atoms with E-state index in [0.29, 0.717) is 12.8 Å². The summed E-state index contributed by atoms with van der Waals surface area (Å²) in [4.78, 5) is 45.6. The van der Waals surface area contributed by atoms with Gasteiger partial charge in [-0.1, -0.05) is 194 Å². The topological polar surface area (TPSA) is 169 Å². The molecule has 4 N–H and O–H groups in total. The summed E-state index contributed by atoms with van der Waals surface area (Å²) >= 11 is 0. The van der Waals surface area contributed by atoms with E-state index in [1.165, 1.54) is 141 Å². The van der Waals surface area contributed by atoms with Crippen LogP contribution in [0.1, 0.15) is 219 Å². The van der Waals surface area contributed by atoms with Crippen molar-refractivity contribution in [1.29, 1.82) is 0 Å². The SMILES string of the molecule is CCCCCCCCCCCCCCCCCCCCCCCCC(=O)OCC(O)COP(=O)(O)OCC(NC(=O)CCCCCCCCCC)C(=O)O. The number of phosphoric ester groups is 1. The molecule has 0 bridgehead atoms. The number of aliphatic hydroxyl groups is 1. The Labute approximate surface area is 329 Å². The average Bonchev–Trinajstić information content (AvgIpc) is 3.14. The Bertz CT molecular complexity index is 937. The standard InChI is InChI=1S/C42H82NO10P/c1-3-5-7-9-11-13-14-15-16-17-18-19-20-21-22-23-24-25-26-28-30-32-34-41(46)51-35-38(44)36-52-54(49,50)53-37-39(42(47)48)43-40(45)33-31-29-27-12-10-8-6-4-2/h38-39,44H,3-37H2,1-2H3,(H,43,45)(H,47,48)(H,49,50). The van der Waals surface area contributed by atoms with Crippen LogP contribution in [-0.2, 0) is 32.7 Å². The second-order valence-electron chi connectivity index (χ2n) is 15.3. The molecule has 54 heavy (non-hydrogen) atoms. The number of aliphatic carboxylic acids is 1. The zero-order valence-electron chi connectivity index (χ0n) is 34.6. The van der Waals surface area contributed by atoms with Gasteiger partial charge < -0.3 is 25.2 Å². The number of hydrogen-bond acceptors (Lipinski definition) is 8. The number of amides is 1. The van der Waals surface area contributed by atoms with Crippen LogP contribution in [0.3, 0.4) is 0 Å². The third kappa shape index (κ3) is 37.4. The van der Waals surface area contributed by atoms with Crippen LogP contribution in [0.4, 0.5) is 0 Å². The van der Waals surface area contributed by atoms with Gasteiger partial charge in [-0.15, -0.1) is 0 Å². The van der Waals surface area contributed by atoms with Gasteiger partial charge in [0, 0.05) is 12.8 Å². The molecule has 0 rings (SSSR count). The number of nitrogens with one attached hydrogen (secondary N) is 1. The summed E-state index contributed by atoms with van der Waals surface area (Å²) in [6, 6.07) is -1.54. The molecule has 12 heteroatoms. The second-order valence-corrected chi connectivity index (χ2v) is 16.7. The van der Waals surface area contributed by atoms with E-state index in [4.69, 9.17) is 13.8 Å². The molecule has 0 aliphatic rings. The van der Waals surface area contributed by atoms with Crippen LogP contribution in [0.2, 0.25) is 0 Å². The Hall–Kier alpha value is -1.52. The number of carboxylic acids is 1. The Morgan fingerprint density at radius 3 is 1.22 bits per heavy atom. The maximum Gasteiger partial charge on any atom is 0.472 e. The van der Waals surface area contributed by atoms with Crippen LogP contribution in [0.25, 0.3) is 0 Å². The summed E-state index contributed by atoms with van der Waals surface area (Å²) in [6.45, 7) is 2.57. The molecule has 0 aliphatic heterocycles. The highest BCUT2D eigenvalue weighted by molar-refractivity contribution is 7.47. The van der Waals surface area contributed by atoms with Crippen molar-refractivity contribution >= 4 is 25.7 Å². The van der Waals surface area contributed by atoms with E-state index in [-0.39, 0.29) is 12.8 Å². The smallest absolute Gasteiger partial charge is 0.472 e. The molecule has 0 aromatic carbocycles. The van der Waals surface area contributed by atoms with Gasteiger partial charge in [0.15, 0.2) is 6.04 Å². The average molecular weight is 792 g/mol. The normalized spacial score (nSPS) is 13.7. The van der Waals surface area contributed by atoms with Crippen molar-refractivity contribution in [3.8, 4) is 0 Å². The van der Waals surface area contributed by atoms with Gasteiger partial charge in [-0.2, -0.15) is 0 Å². The van der Waals surface area contributed by atoms with Gasteiger partial charge in [-0.3, -0.25) is 18.6 Å². The number of esters is 1. The minimum atomic E-state index is -4.74. The van der Waals surface area contributed by atoms with Crippen molar-refractivity contribution < 1.29 is 47.8 Å². The summed E-state index contributed by atoms with van der Waals surface area (Å²) < 4.78 is 26.7. The predicted octanol–water partition coefficient (Wildman–Crippen LogP) is 11.1. The van der Waals surface area contributed by atoms with Gasteiger partial charge in [-0.05, 0) is 12.8 Å². The van der Waals surface area contributed by atoms with Gasteiger partial charge >= 0.3 is 19.8 Å². The van der Waals surface area contributed by atoms with Crippen molar-refractivity contribution in [2.75, 3.05) is 19.8 Å². The molecule has 0 saturated carbocycles. The number of carbonyl (C=O) groups excluding carboxylic acids is 2. The second kappa shape index (κ2) is 38.4. The molecule has 0 spiro atoms. The van der Waals surface area contributed by atoms with E-state index in [1.54, 1.807) is 0 Å². The number of carbonyl (C=O) groups is 3. The fourth-order valence-corrected chi connectivity index (χ4v) is 7.21. The number of phosphoric acid groups is 1. The molecule has 0 saturated heterocycles. The first-order valence-corrected chi connectivity index (χ1v) is 23.6. The van der Waals surface area contributed by atoms with Crippen molar-refractivity contribution in [3.05, 3.63) is 0 Å². The molecule has 0 radical (unpaired) electrons. The monoisotopic (exact) mass is 792 g/mol. The molecule has 0 aromatic rings. The number of aliphatic hydroxyl groups excluding tert-OH is 1. The quantitative estimate of drug-likeness (QED) is 0.0265. The molecule has 320 valence electrons. The van der Waals surface area contributed by atoms with Crippen molar-refractivity contribution in [3.63, 3.8) is 0 Å². The predicted molar refractivity (Wildman–Crippen MR) is 217 cm³/mol. The van der Waals surface area contributed by atoms with Gasteiger partial charge in [0.05, 0.1) is 13.2 Å². The first kappa shape index (κ1) is 52.5. The summed E-state index contributed by atoms with van der Waals surface area (Å²) in [7, 11) is -4.74. The lowest BCUT2D eigenvalue weighted by atomic mass is 10.0. The number of hydrogen-bond donors (Lipinski definition) is 4. The van der Waals surface area contributed by atoms with Crippen LogP contribution >= 0.6 is 7.82 Å². The molecular formula is C42H82NO10P. The summed E-state index contributed by atoms with van der Waals surface area (Å²) in [5.74, 6) is -2.36. The largest absolute Gasteiger partial charge is 0.480 e. The highest BCUT2D eigenvalue weighted by Gasteiger charge is 2.28. The fraction of sp³-hybridized carbons (Fsp3) is 0.929. The van der Waals surface area contributed by atoms with E-state index >= 15 is 0 Å². The molecular weight excluding hydrogens is 709 g/mol. The molecule has 11 nitrogen and oxygen atoms in total. The highest BCUT2D eigenvalue weighted by Crippen LogP contribution is 2.43. The third-order valence-electron chi connectivity index (χ3n) is 9.90. The minimum absolute atomic E-state index is 0.149. The van der Waals surface area contributed by atoms with Crippen molar-refractivity contribution in [2.45, 2.75) is 231 Å². The molecule has 0 aromatic heterocycles. The lowest BCUT2D eigenvalue weighted by molar-refractivity contribution is -0.147. The minimum Gasteiger partial charge on any atom is -0.480 e. The van der Waals surface area contributed by atoms with Crippen LogP contribution < -0.4 is 5.32 Å². The lowest BCUT2D eigenvalue weighted by Gasteiger charge is -2.18. The Morgan fingerprint density at radius 2 is 0.852 bits per heavy atom. The fourth-order valence-electron chi connectivity index (χ4n) is 6.43. The molecule has 3 unspecified atom stereocenters. The summed E-state index contributed by atoms with van der Waals surface area (Å²) in [5, 5.41) is 21.7. The van der Waals surface area contributed by atoms with E-state index in [9.17, 15) is 34.1 Å². The van der Waals surface area contributed by atoms with Crippen molar-refractivity contribution in [1.82, 2.24) is 5.32 Å². The van der Waals surface area contributed by atoms with Crippen molar-refractivity contribution in [2.24, 2.45) is 0 Å². The van der Waals surface area contributed by atoms with Gasteiger partial charge in [0.25, 0.3) is 0 Å². The van der Waals surface area contributed by atoms with E-state index < -0.39 is 57.6 Å². The molecule has 0 heterocycles. The van der Waals surface area contributed by atoms with E-state index in [1.807, 2.05) is 0 Å². The number of rotatable bonds is 42. The first-order chi connectivity index (χ1) is 26.1. The maximum atomic E-state index is 12.2. The van der Waals surface area contributed by atoms with Crippen LogP contribution in [0.5, 0.6) is 0 Å². The van der Waals surface area contributed by atoms with E-state index in [2.05, 4.69) is 19.2 Å². The third-order valence-corrected chi connectivity index (χ3v) is 10.8. The first-order valence-electron chi connectivity index (χ1n) is 22.1. The molecule has 0 aliphatic carbocycles. The Kier molecular flexibility index (Phi) is 37.3. The van der Waals surface area contributed by atoms with Gasteiger partial charge in [0.1, 0.15) is 12.7 Å². The van der Waals surface area contributed by atoms with E-state index in [0.717, 1.165) is 38.5 Å². The zero-order chi connectivity index (χ0) is 40.0. The molecule has 0 fully saturated rings. The molecule has 3 atom stereocenters. The number of unbranched alkanes of at least 4 members (excludes halogenated alkanes) is 28. The number of carboxylic acid groups (broad SMARTS) is 1. The van der Waals surface area contributed by atoms with Crippen LogP contribution in [0.15, 0.2) is 0 Å². The van der Waals surface area contributed by atoms with Crippen LogP contribution in [0, 0.1) is 0 Å². The zero-order valence-corrected chi connectivity index (χ0v) is 35.4. The van der Waals surface area contributed by atoms with Crippen LogP contribution in [-0.4, -0.2) is 64.9 Å².